The fraction of sp³-hybridized carbons (Fsp3) is 0.500. The number of nitrogens with zero attached hydrogens (tertiary/aromatic N) is 1. The molecule has 0 radical (unpaired) electrons. The first-order chi connectivity index (χ1) is 9.00. The van der Waals surface area contributed by atoms with E-state index in [0.717, 1.165) is 6.42 Å². The van der Waals surface area contributed by atoms with Crippen molar-refractivity contribution in [2.24, 2.45) is 5.14 Å². The van der Waals surface area contributed by atoms with Crippen molar-refractivity contribution in [3.05, 3.63) is 29.3 Å². The minimum Gasteiger partial charge on any atom is -0.337 e. The molecule has 0 saturated carbocycles. The van der Waals surface area contributed by atoms with Gasteiger partial charge in [-0.15, -0.1) is 0 Å². The number of amides is 1. The second kappa shape index (κ2) is 5.54. The molecule has 6 heteroatoms. The molecule has 0 atom stereocenters. The lowest BCUT2D eigenvalue weighted by Crippen LogP contribution is -2.44. The summed E-state index contributed by atoms with van der Waals surface area (Å²) < 4.78 is 22.6. The number of rotatable bonds is 4. The zero-order chi connectivity index (χ0) is 15.7. The lowest BCUT2D eigenvalue weighted by Gasteiger charge is -2.35. The number of carbonyl (C=O) groups excluding carboxylic acids is 1. The van der Waals surface area contributed by atoms with Crippen LogP contribution in [0.15, 0.2) is 23.1 Å². The van der Waals surface area contributed by atoms with Gasteiger partial charge in [-0.2, -0.15) is 0 Å². The predicted molar refractivity (Wildman–Crippen MR) is 79.0 cm³/mol. The van der Waals surface area contributed by atoms with Gasteiger partial charge in [0.15, 0.2) is 0 Å². The van der Waals surface area contributed by atoms with Crippen LogP contribution in [0.3, 0.4) is 0 Å². The van der Waals surface area contributed by atoms with E-state index in [1.165, 1.54) is 18.2 Å². The molecule has 0 spiro atoms. The Balaban J connectivity index is 3.20. The number of hydrogen-bond donors (Lipinski definition) is 1. The van der Waals surface area contributed by atoms with Crippen molar-refractivity contribution in [1.82, 2.24) is 4.90 Å². The third kappa shape index (κ3) is 3.37. The van der Waals surface area contributed by atoms with Crippen molar-refractivity contribution in [2.75, 3.05) is 7.05 Å². The molecule has 5 nitrogen and oxygen atoms in total. The van der Waals surface area contributed by atoms with Crippen LogP contribution in [-0.2, 0) is 10.0 Å². The van der Waals surface area contributed by atoms with Crippen molar-refractivity contribution in [2.45, 2.75) is 44.6 Å². The largest absolute Gasteiger partial charge is 0.337 e. The molecule has 0 aliphatic heterocycles. The standard InChI is InChI=1S/C14H22N2O3S/c1-6-14(3,4)16(5)13(17)12-8-7-11(9-10(12)2)20(15,18)19/h7-9H,6H2,1-5H3,(H2,15,18,19). The smallest absolute Gasteiger partial charge is 0.254 e. The van der Waals surface area contributed by atoms with Gasteiger partial charge in [0.05, 0.1) is 4.90 Å². The van der Waals surface area contributed by atoms with Crippen LogP contribution in [0.1, 0.15) is 43.1 Å². The van der Waals surface area contributed by atoms with Gasteiger partial charge in [0.25, 0.3) is 5.91 Å². The van der Waals surface area contributed by atoms with Crippen molar-refractivity contribution in [3.63, 3.8) is 0 Å². The third-order valence-corrected chi connectivity index (χ3v) is 4.75. The number of hydrogen-bond acceptors (Lipinski definition) is 3. The van der Waals surface area contributed by atoms with Crippen LogP contribution in [0, 0.1) is 6.92 Å². The lowest BCUT2D eigenvalue weighted by molar-refractivity contribution is 0.0619. The number of nitrogens with two attached hydrogens (primary N) is 1. The van der Waals surface area contributed by atoms with Crippen LogP contribution < -0.4 is 5.14 Å². The maximum atomic E-state index is 12.5. The number of benzene rings is 1. The van der Waals surface area contributed by atoms with Crippen molar-refractivity contribution < 1.29 is 13.2 Å². The maximum Gasteiger partial charge on any atom is 0.254 e. The molecule has 0 aliphatic carbocycles. The van der Waals surface area contributed by atoms with Crippen molar-refractivity contribution >= 4 is 15.9 Å². The summed E-state index contributed by atoms with van der Waals surface area (Å²) in [5, 5.41) is 5.08. The summed E-state index contributed by atoms with van der Waals surface area (Å²) in [6.07, 6.45) is 0.823. The molecule has 1 rings (SSSR count). The van der Waals surface area contributed by atoms with Crippen molar-refractivity contribution in [1.29, 1.82) is 0 Å². The Morgan fingerprint density at radius 2 is 1.90 bits per heavy atom. The van der Waals surface area contributed by atoms with Gasteiger partial charge in [-0.1, -0.05) is 6.92 Å². The van der Waals surface area contributed by atoms with E-state index in [1.54, 1.807) is 18.9 Å². The fourth-order valence-electron chi connectivity index (χ4n) is 1.75. The Morgan fingerprint density at radius 3 is 2.30 bits per heavy atom. The molecule has 0 saturated heterocycles. The summed E-state index contributed by atoms with van der Waals surface area (Å²) in [5.41, 5.74) is 0.823. The molecule has 2 N–H and O–H groups in total. The highest BCUT2D eigenvalue weighted by Gasteiger charge is 2.27. The van der Waals surface area contributed by atoms with Gasteiger partial charge in [-0.05, 0) is 51.0 Å². The molecule has 1 aromatic carbocycles. The van der Waals surface area contributed by atoms with E-state index < -0.39 is 10.0 Å². The van der Waals surface area contributed by atoms with Gasteiger partial charge in [0, 0.05) is 18.2 Å². The quantitative estimate of drug-likeness (QED) is 0.922. The molecule has 1 aromatic rings. The first kappa shape index (κ1) is 16.7. The normalized spacial score (nSPS) is 12.3. The molecule has 0 fully saturated rings. The van der Waals surface area contributed by atoms with Crippen LogP contribution in [-0.4, -0.2) is 31.8 Å². The molecule has 0 aliphatic rings. The molecule has 0 bridgehead atoms. The highest BCUT2D eigenvalue weighted by atomic mass is 32.2. The summed E-state index contributed by atoms with van der Waals surface area (Å²) in [5.74, 6) is -0.129. The average Bonchev–Trinajstić information content (AvgIpc) is 2.35. The molecule has 112 valence electrons. The minimum atomic E-state index is -3.75. The van der Waals surface area contributed by atoms with Crippen LogP contribution in [0.4, 0.5) is 0 Å². The van der Waals surface area contributed by atoms with Crippen LogP contribution in [0.5, 0.6) is 0 Å². The Bertz CT molecular complexity index is 621. The van der Waals surface area contributed by atoms with Crippen molar-refractivity contribution in [3.8, 4) is 0 Å². The molecule has 20 heavy (non-hydrogen) atoms. The lowest BCUT2D eigenvalue weighted by atomic mass is 9.98. The zero-order valence-corrected chi connectivity index (χ0v) is 13.4. The van der Waals surface area contributed by atoms with Crippen LogP contribution in [0.25, 0.3) is 0 Å². The van der Waals surface area contributed by atoms with Crippen LogP contribution in [0.2, 0.25) is 0 Å². The Hall–Kier alpha value is -1.40. The molecule has 0 aromatic heterocycles. The summed E-state index contributed by atoms with van der Waals surface area (Å²) >= 11 is 0. The number of carbonyl (C=O) groups is 1. The first-order valence-electron chi connectivity index (χ1n) is 6.42. The summed E-state index contributed by atoms with van der Waals surface area (Å²) in [7, 11) is -2.00. The predicted octanol–water partition coefficient (Wildman–Crippen LogP) is 1.90. The number of aryl methyl sites for hydroxylation is 1. The number of sulfonamides is 1. The Kier molecular flexibility index (Phi) is 4.61. The van der Waals surface area contributed by atoms with Gasteiger partial charge in [0.1, 0.15) is 0 Å². The van der Waals surface area contributed by atoms with E-state index >= 15 is 0 Å². The van der Waals surface area contributed by atoms with Gasteiger partial charge < -0.3 is 4.90 Å². The van der Waals surface area contributed by atoms with Gasteiger partial charge >= 0.3 is 0 Å². The zero-order valence-electron chi connectivity index (χ0n) is 12.6. The number of primary sulfonamides is 1. The van der Waals surface area contributed by atoms with Crippen LogP contribution >= 0.6 is 0 Å². The van der Waals surface area contributed by atoms with E-state index in [9.17, 15) is 13.2 Å². The maximum absolute atomic E-state index is 12.5. The van der Waals surface area contributed by atoms with E-state index in [4.69, 9.17) is 5.14 Å². The molecule has 0 heterocycles. The average molecular weight is 298 g/mol. The second-order valence-electron chi connectivity index (χ2n) is 5.55. The fourth-order valence-corrected chi connectivity index (χ4v) is 2.34. The summed E-state index contributed by atoms with van der Waals surface area (Å²) in [6, 6.07) is 4.30. The molecule has 1 amide bonds. The SMILES string of the molecule is CCC(C)(C)N(C)C(=O)c1ccc(S(N)(=O)=O)cc1C. The topological polar surface area (TPSA) is 80.5 Å². The highest BCUT2D eigenvalue weighted by Crippen LogP contribution is 2.22. The summed E-state index contributed by atoms with van der Waals surface area (Å²) in [6.45, 7) is 7.69. The molecular formula is C14H22N2O3S. The van der Waals surface area contributed by atoms with Gasteiger partial charge in [0.2, 0.25) is 10.0 Å². The Labute approximate surface area is 120 Å². The first-order valence-corrected chi connectivity index (χ1v) is 7.97. The minimum absolute atomic E-state index is 0.0176. The van der Waals surface area contributed by atoms with Gasteiger partial charge in [-0.25, -0.2) is 13.6 Å². The van der Waals surface area contributed by atoms with E-state index in [-0.39, 0.29) is 16.3 Å². The Morgan fingerprint density at radius 1 is 1.35 bits per heavy atom. The van der Waals surface area contributed by atoms with E-state index in [1.807, 2.05) is 20.8 Å². The van der Waals surface area contributed by atoms with E-state index in [2.05, 4.69) is 0 Å². The molecule has 0 unspecified atom stereocenters. The monoisotopic (exact) mass is 298 g/mol. The second-order valence-corrected chi connectivity index (χ2v) is 7.11. The summed E-state index contributed by atoms with van der Waals surface area (Å²) in [4.78, 5) is 14.2. The van der Waals surface area contributed by atoms with E-state index in [0.29, 0.717) is 11.1 Å². The molecular weight excluding hydrogens is 276 g/mol. The van der Waals surface area contributed by atoms with Gasteiger partial charge in [-0.3, -0.25) is 4.79 Å². The highest BCUT2D eigenvalue weighted by molar-refractivity contribution is 7.89. The third-order valence-electron chi connectivity index (χ3n) is 3.83.